The minimum Gasteiger partial charge on any atom is -0.465 e. The van der Waals surface area contributed by atoms with E-state index in [1.807, 2.05) is 6.92 Å². The van der Waals surface area contributed by atoms with Gasteiger partial charge in [0.05, 0.1) is 6.54 Å². The average molecular weight is 438 g/mol. The summed E-state index contributed by atoms with van der Waals surface area (Å²) in [6.07, 6.45) is 0. The van der Waals surface area contributed by atoms with Gasteiger partial charge in [0.1, 0.15) is 16.4 Å². The number of aryl methyl sites for hydroxylation is 1. The molecule has 21 heavy (non-hydrogen) atoms. The van der Waals surface area contributed by atoms with Crippen molar-refractivity contribution in [3.8, 4) is 0 Å². The molecule has 0 aliphatic carbocycles. The first kappa shape index (κ1) is 16.5. The summed E-state index contributed by atoms with van der Waals surface area (Å²) in [7, 11) is -2.18. The van der Waals surface area contributed by atoms with E-state index in [0.717, 1.165) is 5.76 Å². The van der Waals surface area contributed by atoms with Gasteiger partial charge in [-0.25, -0.2) is 8.42 Å². The highest BCUT2D eigenvalue weighted by Gasteiger charge is 2.27. The first-order chi connectivity index (χ1) is 9.71. The largest absolute Gasteiger partial charge is 0.465 e. The highest BCUT2D eigenvalue weighted by Crippen LogP contribution is 2.34. The number of sulfonamides is 1. The summed E-state index contributed by atoms with van der Waals surface area (Å²) in [5.74, 6) is 1.33. The summed E-state index contributed by atoms with van der Waals surface area (Å²) in [6.45, 7) is 1.96. The number of anilines is 1. The van der Waals surface area contributed by atoms with Gasteiger partial charge < -0.3 is 10.2 Å². The molecule has 0 saturated heterocycles. The quantitative estimate of drug-likeness (QED) is 0.742. The second-order valence-corrected chi connectivity index (χ2v) is 8.28. The van der Waals surface area contributed by atoms with Crippen molar-refractivity contribution >= 4 is 47.6 Å². The van der Waals surface area contributed by atoms with Crippen LogP contribution in [0.25, 0.3) is 0 Å². The van der Waals surface area contributed by atoms with Gasteiger partial charge in [0.2, 0.25) is 10.0 Å². The van der Waals surface area contributed by atoms with Crippen molar-refractivity contribution in [3.63, 3.8) is 0 Å². The van der Waals surface area contributed by atoms with Gasteiger partial charge in [0.25, 0.3) is 0 Å². The van der Waals surface area contributed by atoms with Crippen LogP contribution in [0.15, 0.2) is 42.5 Å². The zero-order valence-electron chi connectivity index (χ0n) is 11.4. The summed E-state index contributed by atoms with van der Waals surface area (Å²) >= 11 is 6.50. The lowest BCUT2D eigenvalue weighted by atomic mass is 10.3. The fraction of sp³-hybridized carbons (Fsp3) is 0.231. The molecule has 0 unspecified atom stereocenters. The standard InChI is InChI=1S/C13H14Br2N2O3S/c1-8-3-4-10(20-8)7-17(2)21(18,19)13-11(14)5-9(16)6-12(13)15/h3-6H,7,16H2,1-2H3. The van der Waals surface area contributed by atoms with Crippen LogP contribution >= 0.6 is 31.9 Å². The van der Waals surface area contributed by atoms with Crippen molar-refractivity contribution in [2.45, 2.75) is 18.4 Å². The lowest BCUT2D eigenvalue weighted by Gasteiger charge is -2.18. The molecule has 114 valence electrons. The number of hydrogen-bond donors (Lipinski definition) is 1. The first-order valence-corrected chi connectivity index (χ1v) is 9.00. The Labute approximate surface area is 140 Å². The number of benzene rings is 1. The highest BCUT2D eigenvalue weighted by atomic mass is 79.9. The Morgan fingerprint density at radius 2 is 1.81 bits per heavy atom. The molecule has 0 bridgehead atoms. The van der Waals surface area contributed by atoms with E-state index >= 15 is 0 Å². The van der Waals surface area contributed by atoms with Gasteiger partial charge in [0.15, 0.2) is 0 Å². The van der Waals surface area contributed by atoms with E-state index in [2.05, 4.69) is 31.9 Å². The normalized spacial score (nSPS) is 12.0. The molecule has 2 rings (SSSR count). The molecule has 2 N–H and O–H groups in total. The molecule has 0 atom stereocenters. The van der Waals surface area contributed by atoms with Crippen LogP contribution in [0.4, 0.5) is 5.69 Å². The van der Waals surface area contributed by atoms with E-state index in [9.17, 15) is 8.42 Å². The van der Waals surface area contributed by atoms with E-state index in [1.165, 1.54) is 11.4 Å². The van der Waals surface area contributed by atoms with Crippen LogP contribution in [-0.4, -0.2) is 19.8 Å². The average Bonchev–Trinajstić information content (AvgIpc) is 2.72. The Bertz CT molecular complexity index is 748. The van der Waals surface area contributed by atoms with Crippen molar-refractivity contribution in [1.29, 1.82) is 0 Å². The number of halogens is 2. The molecule has 0 fully saturated rings. The van der Waals surface area contributed by atoms with E-state index in [-0.39, 0.29) is 11.4 Å². The maximum Gasteiger partial charge on any atom is 0.245 e. The Hall–Kier alpha value is -0.830. The third kappa shape index (κ3) is 3.50. The van der Waals surface area contributed by atoms with Gasteiger partial charge in [-0.1, -0.05) is 0 Å². The third-order valence-corrected chi connectivity index (χ3v) is 6.54. The molecule has 0 aliphatic heterocycles. The molecule has 0 aliphatic rings. The molecule has 0 spiro atoms. The number of rotatable bonds is 4. The van der Waals surface area contributed by atoms with Crippen LogP contribution in [0.2, 0.25) is 0 Å². The summed E-state index contributed by atoms with van der Waals surface area (Å²) in [5.41, 5.74) is 6.16. The van der Waals surface area contributed by atoms with Crippen LogP contribution in [0.5, 0.6) is 0 Å². The van der Waals surface area contributed by atoms with Gasteiger partial charge in [-0.3, -0.25) is 0 Å². The predicted molar refractivity (Wildman–Crippen MR) is 88.4 cm³/mol. The zero-order chi connectivity index (χ0) is 15.8. The Morgan fingerprint density at radius 1 is 1.24 bits per heavy atom. The Kier molecular flexibility index (Phi) is 4.82. The van der Waals surface area contributed by atoms with Crippen molar-refractivity contribution in [2.75, 3.05) is 12.8 Å². The van der Waals surface area contributed by atoms with E-state index < -0.39 is 10.0 Å². The van der Waals surface area contributed by atoms with Crippen molar-refractivity contribution < 1.29 is 12.8 Å². The minimum atomic E-state index is -3.68. The summed E-state index contributed by atoms with van der Waals surface area (Å²) in [6, 6.07) is 6.67. The van der Waals surface area contributed by atoms with Gasteiger partial charge in [-0.05, 0) is 63.0 Å². The molecule has 1 aromatic heterocycles. The smallest absolute Gasteiger partial charge is 0.245 e. The number of nitrogens with two attached hydrogens (primary N) is 1. The molecule has 1 aromatic carbocycles. The van der Waals surface area contributed by atoms with Crippen LogP contribution in [0, 0.1) is 6.92 Å². The maximum absolute atomic E-state index is 12.7. The fourth-order valence-corrected chi connectivity index (χ4v) is 5.53. The molecular formula is C13H14Br2N2O3S. The zero-order valence-corrected chi connectivity index (χ0v) is 15.4. The lowest BCUT2D eigenvalue weighted by Crippen LogP contribution is -2.27. The molecule has 1 heterocycles. The SMILES string of the molecule is Cc1ccc(CN(C)S(=O)(=O)c2c(Br)cc(N)cc2Br)o1. The number of hydrogen-bond acceptors (Lipinski definition) is 4. The minimum absolute atomic E-state index is 0.141. The number of nitrogen functional groups attached to an aromatic ring is 1. The van der Waals surface area contributed by atoms with Gasteiger partial charge in [-0.15, -0.1) is 0 Å². The predicted octanol–water partition coefficient (Wildman–Crippen LogP) is 3.52. The van der Waals surface area contributed by atoms with Crippen LogP contribution in [-0.2, 0) is 16.6 Å². The Morgan fingerprint density at radius 3 is 2.29 bits per heavy atom. The van der Waals surface area contributed by atoms with E-state index in [0.29, 0.717) is 20.4 Å². The summed E-state index contributed by atoms with van der Waals surface area (Å²) < 4.78 is 32.8. The number of furan rings is 1. The second kappa shape index (κ2) is 6.12. The molecule has 0 radical (unpaired) electrons. The summed E-state index contributed by atoms with van der Waals surface area (Å²) in [4.78, 5) is 0.141. The van der Waals surface area contributed by atoms with Gasteiger partial charge in [-0.2, -0.15) is 4.31 Å². The molecule has 5 nitrogen and oxygen atoms in total. The monoisotopic (exact) mass is 436 g/mol. The highest BCUT2D eigenvalue weighted by molar-refractivity contribution is 9.11. The lowest BCUT2D eigenvalue weighted by molar-refractivity contribution is 0.397. The van der Waals surface area contributed by atoms with Crippen molar-refractivity contribution in [1.82, 2.24) is 4.31 Å². The second-order valence-electron chi connectivity index (χ2n) is 4.59. The molecule has 8 heteroatoms. The molecule has 0 amide bonds. The van der Waals surface area contributed by atoms with Gasteiger partial charge in [0, 0.05) is 21.7 Å². The molecule has 0 saturated carbocycles. The van der Waals surface area contributed by atoms with Gasteiger partial charge >= 0.3 is 0 Å². The van der Waals surface area contributed by atoms with Crippen LogP contribution in [0.3, 0.4) is 0 Å². The van der Waals surface area contributed by atoms with Crippen LogP contribution < -0.4 is 5.73 Å². The van der Waals surface area contributed by atoms with E-state index in [4.69, 9.17) is 10.2 Å². The summed E-state index contributed by atoms with van der Waals surface area (Å²) in [5, 5.41) is 0. The van der Waals surface area contributed by atoms with E-state index in [1.54, 1.807) is 24.3 Å². The number of nitrogens with zero attached hydrogens (tertiary/aromatic N) is 1. The topological polar surface area (TPSA) is 76.5 Å². The van der Waals surface area contributed by atoms with Crippen molar-refractivity contribution in [2.24, 2.45) is 0 Å². The fourth-order valence-electron chi connectivity index (χ4n) is 1.86. The third-order valence-electron chi connectivity index (χ3n) is 2.86. The first-order valence-electron chi connectivity index (χ1n) is 5.98. The maximum atomic E-state index is 12.7. The Balaban J connectivity index is 2.38. The molecular weight excluding hydrogens is 424 g/mol. The van der Waals surface area contributed by atoms with Crippen LogP contribution in [0.1, 0.15) is 11.5 Å². The van der Waals surface area contributed by atoms with Crippen molar-refractivity contribution in [3.05, 3.63) is 44.7 Å². The molecule has 2 aromatic rings.